The van der Waals surface area contributed by atoms with Gasteiger partial charge in [0.15, 0.2) is 3.91 Å². The maximum Gasteiger partial charge on any atom is 0.152 e. The Morgan fingerprint density at radius 3 is 1.80 bits per heavy atom. The van der Waals surface area contributed by atoms with Crippen molar-refractivity contribution in [2.75, 3.05) is 0 Å². The van der Waals surface area contributed by atoms with Gasteiger partial charge in [-0.15, -0.1) is 0 Å². The van der Waals surface area contributed by atoms with E-state index < -0.39 is 7.72 Å². The second-order valence-corrected chi connectivity index (χ2v) is 9.56. The van der Waals surface area contributed by atoms with Crippen LogP contribution in [-0.2, 0) is 0 Å². The van der Waals surface area contributed by atoms with Crippen molar-refractivity contribution in [2.24, 2.45) is 0 Å². The molecular formula is CHNS3. The summed E-state index contributed by atoms with van der Waals surface area (Å²) in [4.78, 5) is 0. The van der Waals surface area contributed by atoms with Crippen LogP contribution in [0.3, 0.4) is 0 Å². The first-order valence-electron chi connectivity index (χ1n) is 1.22. The molecule has 0 aromatic rings. The summed E-state index contributed by atoms with van der Waals surface area (Å²) in [6.07, 6.45) is 0. The van der Waals surface area contributed by atoms with E-state index >= 15 is 0 Å². The molecule has 0 atom stereocenters. The molecule has 0 amide bonds. The molecule has 2 heterocycles. The van der Waals surface area contributed by atoms with E-state index in [-0.39, 0.29) is 0 Å². The third-order valence-corrected chi connectivity index (χ3v) is 9.65. The van der Waals surface area contributed by atoms with E-state index in [0.29, 0.717) is 3.91 Å². The van der Waals surface area contributed by atoms with Crippen molar-refractivity contribution in [3.63, 3.8) is 0 Å². The Hall–Kier alpha value is 0.760. The molecule has 0 saturated carbocycles. The summed E-state index contributed by atoms with van der Waals surface area (Å²) < 4.78 is 9.38. The molecule has 0 spiro atoms. The summed E-state index contributed by atoms with van der Waals surface area (Å²) in [5.74, 6) is 0. The van der Waals surface area contributed by atoms with E-state index in [0.717, 1.165) is 0 Å². The second kappa shape index (κ2) is 0.487. The van der Waals surface area contributed by atoms with Crippen LogP contribution in [0.4, 0.5) is 0 Å². The van der Waals surface area contributed by atoms with Crippen LogP contribution < -0.4 is 0 Å². The molecule has 1 nitrogen and oxygen atoms in total. The van der Waals surface area contributed by atoms with E-state index in [1.807, 2.05) is 0 Å². The predicted molar refractivity (Wildman–Crippen MR) is 28.3 cm³/mol. The van der Waals surface area contributed by atoms with Gasteiger partial charge < -0.3 is 0 Å². The SMILES string of the molecule is N#S12SC1S2. The monoisotopic (exact) mass is 123 g/mol. The zero-order chi connectivity index (χ0) is 3.49. The van der Waals surface area contributed by atoms with Crippen LogP contribution in [0.1, 0.15) is 0 Å². The van der Waals surface area contributed by atoms with Crippen molar-refractivity contribution < 1.29 is 0 Å². The highest BCUT2D eigenvalue weighted by molar-refractivity contribution is 9.46. The van der Waals surface area contributed by atoms with Crippen LogP contribution in [-0.4, -0.2) is 3.91 Å². The van der Waals surface area contributed by atoms with Gasteiger partial charge in [0, 0.05) is 0 Å². The Kier molecular flexibility index (Phi) is 0.278. The molecule has 0 aliphatic carbocycles. The van der Waals surface area contributed by atoms with Gasteiger partial charge >= 0.3 is 0 Å². The summed E-state index contributed by atoms with van der Waals surface area (Å²) in [5, 5.41) is 0. The largest absolute Gasteiger partial charge is 0.207 e. The standard InChI is InChI=1S/CHNS3/c2-5-1(3-5)4-5/h1H. The smallest absolute Gasteiger partial charge is 0.152 e. The minimum Gasteiger partial charge on any atom is -0.207 e. The number of hydrogen-bond acceptors (Lipinski definition) is 3. The molecular weight excluding hydrogens is 122 g/mol. The molecule has 2 aliphatic rings. The Balaban J connectivity index is 2.83. The lowest BCUT2D eigenvalue weighted by molar-refractivity contribution is 1.66. The quantitative estimate of drug-likeness (QED) is 0.363. The molecule has 0 aromatic carbocycles. The molecule has 5 heavy (non-hydrogen) atoms. The lowest BCUT2D eigenvalue weighted by Gasteiger charge is -1.61. The molecule has 0 bridgehead atoms. The first-order chi connectivity index (χ1) is 2.31. The van der Waals surface area contributed by atoms with Crippen LogP contribution in [0, 0.1) is 4.61 Å². The Bertz CT molecular complexity index is 149. The third-order valence-electron chi connectivity index (χ3n) is 0.600. The molecule has 2 rings (SSSR count). The van der Waals surface area contributed by atoms with Crippen molar-refractivity contribution in [1.82, 2.24) is 0 Å². The predicted octanol–water partition coefficient (Wildman–Crippen LogP) is 1.88. The fourth-order valence-electron chi connectivity index (χ4n) is 0.187. The lowest BCUT2D eigenvalue weighted by atomic mass is 11.9. The average molecular weight is 123 g/mol. The van der Waals surface area contributed by atoms with Crippen molar-refractivity contribution in [1.29, 1.82) is 4.61 Å². The van der Waals surface area contributed by atoms with Gasteiger partial charge in [-0.25, -0.2) is 4.61 Å². The highest BCUT2D eigenvalue weighted by Gasteiger charge is 2.65. The number of rotatable bonds is 0. The van der Waals surface area contributed by atoms with Crippen LogP contribution in [0.15, 0.2) is 0 Å². The summed E-state index contributed by atoms with van der Waals surface area (Å²) in [6, 6.07) is 0. The van der Waals surface area contributed by atoms with Crippen molar-refractivity contribution in [2.45, 2.75) is 3.91 Å². The van der Waals surface area contributed by atoms with Crippen LogP contribution in [0.2, 0.25) is 0 Å². The van der Waals surface area contributed by atoms with Gasteiger partial charge in [-0.3, -0.25) is 0 Å². The molecule has 0 aromatic heterocycles. The zero-order valence-electron chi connectivity index (χ0n) is 2.25. The van der Waals surface area contributed by atoms with Crippen LogP contribution in [0.25, 0.3) is 0 Å². The minimum atomic E-state index is -0.917. The van der Waals surface area contributed by atoms with Crippen molar-refractivity contribution >= 4 is 29.3 Å². The van der Waals surface area contributed by atoms with E-state index in [9.17, 15) is 0 Å². The zero-order valence-corrected chi connectivity index (χ0v) is 4.70. The molecule has 0 N–H and O–H groups in total. The first kappa shape index (κ1) is 2.86. The van der Waals surface area contributed by atoms with Gasteiger partial charge in [0.25, 0.3) is 0 Å². The highest BCUT2D eigenvalue weighted by atomic mass is 33.6. The topological polar surface area (TPSA) is 23.8 Å². The normalized spacial score (nSPS) is 69.8. The summed E-state index contributed by atoms with van der Waals surface area (Å²) in [5.41, 5.74) is 0. The van der Waals surface area contributed by atoms with Gasteiger partial charge in [-0.05, 0) is 21.6 Å². The van der Waals surface area contributed by atoms with Gasteiger partial charge in [0.1, 0.15) is 0 Å². The summed E-state index contributed by atoms with van der Waals surface area (Å²) in [7, 11) is 2.53. The van der Waals surface area contributed by atoms with Gasteiger partial charge in [-0.2, -0.15) is 0 Å². The van der Waals surface area contributed by atoms with E-state index in [2.05, 4.69) is 0 Å². The number of nitrogens with zero attached hydrogens (tertiary/aromatic N) is 1. The van der Waals surface area contributed by atoms with Crippen LogP contribution >= 0.6 is 29.3 Å². The number of hydrogen-bond donors (Lipinski definition) is 0. The maximum absolute atomic E-state index is 8.72. The van der Waals surface area contributed by atoms with Gasteiger partial charge in [0.05, 0.1) is 7.72 Å². The minimum absolute atomic E-state index is 0.669. The fraction of sp³-hybridized carbons (Fsp3) is 1.00. The molecule has 2 saturated heterocycles. The molecule has 2 aliphatic heterocycles. The van der Waals surface area contributed by atoms with Crippen molar-refractivity contribution in [3.8, 4) is 0 Å². The highest BCUT2D eigenvalue weighted by Crippen LogP contribution is 3.02. The maximum atomic E-state index is 8.72. The first-order valence-corrected chi connectivity index (χ1v) is 5.67. The van der Waals surface area contributed by atoms with E-state index in [1.165, 1.54) is 0 Å². The molecule has 4 heteroatoms. The Labute approximate surface area is 38.2 Å². The lowest BCUT2D eigenvalue weighted by Crippen LogP contribution is -1.26. The number of fused-ring (bicyclic) bond motifs is 1. The van der Waals surface area contributed by atoms with E-state index in [4.69, 9.17) is 4.61 Å². The van der Waals surface area contributed by atoms with Crippen molar-refractivity contribution in [3.05, 3.63) is 0 Å². The average Bonchev–Trinajstić information content (AvgIpc) is 1.74. The fourth-order valence-corrected chi connectivity index (χ4v) is 6.78. The molecule has 0 radical (unpaired) electrons. The summed E-state index contributed by atoms with van der Waals surface area (Å²) in [6.45, 7) is 0. The molecule has 28 valence electrons. The van der Waals surface area contributed by atoms with Crippen LogP contribution in [0.5, 0.6) is 0 Å². The van der Waals surface area contributed by atoms with Gasteiger partial charge in [0.2, 0.25) is 0 Å². The third kappa shape index (κ3) is 0.223. The molecule has 0 unspecified atom stereocenters. The van der Waals surface area contributed by atoms with E-state index in [1.54, 1.807) is 21.6 Å². The Morgan fingerprint density at radius 1 is 1.60 bits per heavy atom. The Morgan fingerprint density at radius 2 is 1.80 bits per heavy atom. The second-order valence-electron chi connectivity index (χ2n) is 0.996. The van der Waals surface area contributed by atoms with Gasteiger partial charge in [-0.1, -0.05) is 0 Å². The summed E-state index contributed by atoms with van der Waals surface area (Å²) >= 11 is 0. The molecule has 2 fully saturated rings.